The Hall–Kier alpha value is -2.10. The van der Waals surface area contributed by atoms with Gasteiger partial charge in [0.2, 0.25) is 0 Å². The monoisotopic (exact) mass is 259 g/mol. The van der Waals surface area contributed by atoms with Crippen LogP contribution in [-0.4, -0.2) is 17.6 Å². The number of carbonyl (C=O) groups is 1. The number of pyridine rings is 1. The molecule has 0 aliphatic heterocycles. The highest BCUT2D eigenvalue weighted by Crippen LogP contribution is 2.20. The smallest absolute Gasteiger partial charge is 0.325 e. The molecule has 0 bridgehead atoms. The molecule has 0 saturated heterocycles. The Bertz CT molecular complexity index is 671. The fraction of sp³-hybridized carbons (Fsp3) is 0.333. The van der Waals surface area contributed by atoms with Gasteiger partial charge in [-0.05, 0) is 29.0 Å². The minimum atomic E-state index is -0.426. The van der Waals surface area contributed by atoms with Crippen LogP contribution in [-0.2, 0) is 16.1 Å². The van der Waals surface area contributed by atoms with Crippen molar-refractivity contribution in [3.63, 3.8) is 0 Å². The fourth-order valence-electron chi connectivity index (χ4n) is 2.02. The Kier molecular flexibility index (Phi) is 3.69. The lowest BCUT2D eigenvalue weighted by atomic mass is 10.0. The summed E-state index contributed by atoms with van der Waals surface area (Å²) in [5.41, 5.74) is 1.71. The number of hydrogen-bond acceptors (Lipinski definition) is 3. The molecule has 19 heavy (non-hydrogen) atoms. The van der Waals surface area contributed by atoms with Gasteiger partial charge in [-0.25, -0.2) is 0 Å². The van der Waals surface area contributed by atoms with Gasteiger partial charge in [-0.1, -0.05) is 26.0 Å². The summed E-state index contributed by atoms with van der Waals surface area (Å²) < 4.78 is 6.09. The van der Waals surface area contributed by atoms with Gasteiger partial charge in [0.05, 0.1) is 12.6 Å². The summed E-state index contributed by atoms with van der Waals surface area (Å²) in [6, 6.07) is 9.22. The Morgan fingerprint density at radius 3 is 2.58 bits per heavy atom. The predicted octanol–water partition coefficient (Wildman–Crippen LogP) is 2.30. The molecular formula is C15H17NO3. The molecule has 0 saturated carbocycles. The Morgan fingerprint density at radius 1 is 1.26 bits per heavy atom. The Morgan fingerprint density at radius 2 is 1.95 bits per heavy atom. The number of nitrogens with zero attached hydrogens (tertiary/aromatic N) is 1. The molecule has 1 aromatic carbocycles. The lowest BCUT2D eigenvalue weighted by Crippen LogP contribution is -2.24. The average Bonchev–Trinajstić information content (AvgIpc) is 2.41. The first-order valence-electron chi connectivity index (χ1n) is 6.23. The third-order valence-corrected chi connectivity index (χ3v) is 3.20. The molecule has 0 aliphatic rings. The van der Waals surface area contributed by atoms with E-state index in [-0.39, 0.29) is 12.1 Å². The van der Waals surface area contributed by atoms with E-state index in [9.17, 15) is 9.59 Å². The van der Waals surface area contributed by atoms with Crippen molar-refractivity contribution < 1.29 is 9.53 Å². The van der Waals surface area contributed by atoms with Crippen molar-refractivity contribution in [2.45, 2.75) is 26.3 Å². The SMILES string of the molecule is COC(=O)Cn1c(=O)ccc2ccc(C(C)C)cc21. The molecule has 0 amide bonds. The zero-order chi connectivity index (χ0) is 14.0. The molecule has 1 heterocycles. The second-order valence-corrected chi connectivity index (χ2v) is 4.81. The number of rotatable bonds is 3. The number of fused-ring (bicyclic) bond motifs is 1. The number of ether oxygens (including phenoxy) is 1. The summed E-state index contributed by atoms with van der Waals surface area (Å²) >= 11 is 0. The van der Waals surface area contributed by atoms with Gasteiger partial charge in [-0.3, -0.25) is 14.2 Å². The first kappa shape index (κ1) is 13.3. The van der Waals surface area contributed by atoms with Gasteiger partial charge in [-0.15, -0.1) is 0 Å². The van der Waals surface area contributed by atoms with Gasteiger partial charge in [-0.2, -0.15) is 0 Å². The van der Waals surface area contributed by atoms with Crippen molar-refractivity contribution in [3.05, 3.63) is 46.2 Å². The molecule has 0 N–H and O–H groups in total. The van der Waals surface area contributed by atoms with E-state index in [0.29, 0.717) is 5.92 Å². The Balaban J connectivity index is 2.65. The highest BCUT2D eigenvalue weighted by molar-refractivity contribution is 5.81. The number of methoxy groups -OCH3 is 1. The molecule has 0 aliphatic carbocycles. The molecule has 0 radical (unpaired) electrons. The minimum absolute atomic E-state index is 0.0613. The average molecular weight is 259 g/mol. The lowest BCUT2D eigenvalue weighted by Gasteiger charge is -2.12. The first-order chi connectivity index (χ1) is 9.02. The lowest BCUT2D eigenvalue weighted by molar-refractivity contribution is -0.141. The topological polar surface area (TPSA) is 48.3 Å². The van der Waals surface area contributed by atoms with Crippen molar-refractivity contribution in [1.29, 1.82) is 0 Å². The summed E-state index contributed by atoms with van der Waals surface area (Å²) in [5, 5.41) is 0.938. The van der Waals surface area contributed by atoms with E-state index in [1.807, 2.05) is 18.2 Å². The van der Waals surface area contributed by atoms with E-state index in [4.69, 9.17) is 0 Å². The summed E-state index contributed by atoms with van der Waals surface area (Å²) in [7, 11) is 1.32. The molecule has 0 atom stereocenters. The minimum Gasteiger partial charge on any atom is -0.468 e. The van der Waals surface area contributed by atoms with E-state index in [0.717, 1.165) is 16.5 Å². The predicted molar refractivity (Wildman–Crippen MR) is 74.3 cm³/mol. The van der Waals surface area contributed by atoms with Gasteiger partial charge in [0, 0.05) is 6.07 Å². The van der Waals surface area contributed by atoms with Gasteiger partial charge in [0.15, 0.2) is 0 Å². The summed E-state index contributed by atoms with van der Waals surface area (Å²) in [4.78, 5) is 23.3. The summed E-state index contributed by atoms with van der Waals surface area (Å²) in [6.07, 6.45) is 0. The molecule has 0 spiro atoms. The van der Waals surface area contributed by atoms with E-state index in [1.165, 1.54) is 17.7 Å². The largest absolute Gasteiger partial charge is 0.468 e. The van der Waals surface area contributed by atoms with Crippen LogP contribution in [0.2, 0.25) is 0 Å². The quantitative estimate of drug-likeness (QED) is 0.795. The highest BCUT2D eigenvalue weighted by Gasteiger charge is 2.09. The fourth-order valence-corrected chi connectivity index (χ4v) is 2.02. The van der Waals surface area contributed by atoms with E-state index < -0.39 is 5.97 Å². The van der Waals surface area contributed by atoms with Crippen LogP contribution >= 0.6 is 0 Å². The van der Waals surface area contributed by atoms with Crippen LogP contribution in [0.4, 0.5) is 0 Å². The summed E-state index contributed by atoms with van der Waals surface area (Å²) in [5.74, 6) is -0.0594. The van der Waals surface area contributed by atoms with Crippen molar-refractivity contribution in [3.8, 4) is 0 Å². The van der Waals surface area contributed by atoms with Gasteiger partial charge >= 0.3 is 5.97 Å². The van der Waals surface area contributed by atoms with Crippen molar-refractivity contribution in [1.82, 2.24) is 4.57 Å². The third kappa shape index (κ3) is 2.67. The van der Waals surface area contributed by atoms with Gasteiger partial charge in [0.1, 0.15) is 6.54 Å². The van der Waals surface area contributed by atoms with Crippen molar-refractivity contribution >= 4 is 16.9 Å². The number of hydrogen-bond donors (Lipinski definition) is 0. The van der Waals surface area contributed by atoms with Crippen LogP contribution < -0.4 is 5.56 Å². The third-order valence-electron chi connectivity index (χ3n) is 3.20. The molecule has 4 nitrogen and oxygen atoms in total. The van der Waals surface area contributed by atoms with Crippen LogP contribution in [0.3, 0.4) is 0 Å². The second-order valence-electron chi connectivity index (χ2n) is 4.81. The van der Waals surface area contributed by atoms with Gasteiger partial charge in [0.25, 0.3) is 5.56 Å². The molecule has 100 valence electrons. The van der Waals surface area contributed by atoms with Crippen LogP contribution in [0.25, 0.3) is 10.9 Å². The number of esters is 1. The van der Waals surface area contributed by atoms with Crippen molar-refractivity contribution in [2.75, 3.05) is 7.11 Å². The second kappa shape index (κ2) is 5.26. The van der Waals surface area contributed by atoms with E-state index >= 15 is 0 Å². The summed E-state index contributed by atoms with van der Waals surface area (Å²) in [6.45, 7) is 4.12. The highest BCUT2D eigenvalue weighted by atomic mass is 16.5. The van der Waals surface area contributed by atoms with Crippen LogP contribution in [0.1, 0.15) is 25.3 Å². The zero-order valence-electron chi connectivity index (χ0n) is 11.3. The van der Waals surface area contributed by atoms with Crippen LogP contribution in [0, 0.1) is 0 Å². The first-order valence-corrected chi connectivity index (χ1v) is 6.23. The van der Waals surface area contributed by atoms with Crippen LogP contribution in [0.5, 0.6) is 0 Å². The molecule has 2 rings (SSSR count). The molecule has 0 unspecified atom stereocenters. The van der Waals surface area contributed by atoms with Gasteiger partial charge < -0.3 is 4.74 Å². The number of carbonyl (C=O) groups excluding carboxylic acids is 1. The maximum atomic E-state index is 11.9. The zero-order valence-corrected chi connectivity index (χ0v) is 11.3. The van der Waals surface area contributed by atoms with Crippen LogP contribution in [0.15, 0.2) is 35.1 Å². The molecule has 1 aromatic heterocycles. The maximum Gasteiger partial charge on any atom is 0.325 e. The standard InChI is InChI=1S/C15H17NO3/c1-10(2)12-5-4-11-6-7-14(17)16(13(11)8-12)9-15(18)19-3/h4-8,10H,9H2,1-3H3. The number of aromatic nitrogens is 1. The number of benzene rings is 1. The molecule has 2 aromatic rings. The molecule has 0 fully saturated rings. The molecule has 4 heteroatoms. The maximum absolute atomic E-state index is 11.9. The Labute approximate surface area is 111 Å². The molecular weight excluding hydrogens is 242 g/mol. The van der Waals surface area contributed by atoms with Crippen molar-refractivity contribution in [2.24, 2.45) is 0 Å². The normalized spacial score (nSPS) is 10.9. The van der Waals surface area contributed by atoms with E-state index in [1.54, 1.807) is 6.07 Å². The van der Waals surface area contributed by atoms with E-state index in [2.05, 4.69) is 18.6 Å².